The van der Waals surface area contributed by atoms with Crippen molar-refractivity contribution in [2.75, 3.05) is 4.90 Å². The number of anilines is 3. The average molecular weight is 1060 g/mol. The summed E-state index contributed by atoms with van der Waals surface area (Å²) in [4.78, 5) is 2.46. The molecule has 1 heterocycles. The molecule has 14 rings (SSSR count). The zero-order valence-corrected chi connectivity index (χ0v) is 48.5. The van der Waals surface area contributed by atoms with Gasteiger partial charge in [0, 0.05) is 33.5 Å². The summed E-state index contributed by atoms with van der Waals surface area (Å²) >= 11 is 0. The van der Waals surface area contributed by atoms with E-state index in [2.05, 4.69) is 326 Å². The maximum Gasteiger partial charge on any atom is 0.0726 e. The predicted molar refractivity (Wildman–Crippen MR) is 348 cm³/mol. The highest BCUT2D eigenvalue weighted by molar-refractivity contribution is 6.10. The summed E-state index contributed by atoms with van der Waals surface area (Å²) in [6.07, 6.45) is 0. The minimum absolute atomic E-state index is 0.179. The van der Waals surface area contributed by atoms with Gasteiger partial charge in [-0.1, -0.05) is 243 Å². The van der Waals surface area contributed by atoms with Gasteiger partial charge in [-0.3, -0.25) is 0 Å². The van der Waals surface area contributed by atoms with Gasteiger partial charge < -0.3 is 9.47 Å². The van der Waals surface area contributed by atoms with Crippen LogP contribution >= 0.6 is 0 Å². The topological polar surface area (TPSA) is 8.17 Å². The molecular weight excluding hydrogens is 989 g/mol. The van der Waals surface area contributed by atoms with Gasteiger partial charge in [0.1, 0.15) is 0 Å². The molecule has 0 aliphatic heterocycles. The molecule has 0 saturated heterocycles. The smallest absolute Gasteiger partial charge is 0.0726 e. The van der Waals surface area contributed by atoms with Gasteiger partial charge in [-0.25, -0.2) is 0 Å². The van der Waals surface area contributed by atoms with Gasteiger partial charge in [0.05, 0.1) is 16.4 Å². The lowest BCUT2D eigenvalue weighted by Gasteiger charge is -2.43. The van der Waals surface area contributed by atoms with Crippen molar-refractivity contribution in [3.63, 3.8) is 0 Å². The van der Waals surface area contributed by atoms with Crippen molar-refractivity contribution < 1.29 is 0 Å². The number of fused-ring (bicyclic) bond motifs is 13. The zero-order chi connectivity index (χ0) is 56.1. The van der Waals surface area contributed by atoms with Crippen LogP contribution in [0.4, 0.5) is 17.1 Å². The fourth-order valence-corrected chi connectivity index (χ4v) is 14.1. The Morgan fingerprint density at radius 3 is 1.34 bits per heavy atom. The standard InChI is InChI=1S/C80H70N2/c1-52(78(3,4)5)77(53(2)79(6,7)8)58-33-31-56(32-34-58)60-39-46-67-65-25-15-18-28-71(65)80(73(67)50-60)72-29-19-16-26-66(72)68-47-45-64(51-74(68)80)81(62-41-35-55(36-42-62)54-21-11-9-12-22-54)63-43-37-57(38-44-63)59-40-48-76-70(49-59)69-27-17-20-30-75(69)82(76)61-23-13-10-14-24-61/h9-53,77H,1-8H3. The van der Waals surface area contributed by atoms with Crippen LogP contribution in [-0.2, 0) is 5.41 Å². The number of nitrogens with zero attached hydrogens (tertiary/aromatic N) is 2. The Hall–Kier alpha value is -8.98. The van der Waals surface area contributed by atoms with Gasteiger partial charge in [0.15, 0.2) is 0 Å². The monoisotopic (exact) mass is 1060 g/mol. The third kappa shape index (κ3) is 8.28. The Bertz CT molecular complexity index is 4330. The SMILES string of the molecule is CC(C(c1ccc(-c2ccc3c(c2)C2(c4ccccc4-3)c3ccccc3-c3ccc(N(c4ccc(-c5ccccc5)cc4)c4ccc(-c5ccc6c(c5)c5ccccc5n6-c5ccccc5)cc4)cc32)cc1)C(C)C(C)(C)C)C(C)(C)C. The van der Waals surface area contributed by atoms with E-state index in [9.17, 15) is 0 Å². The normalized spacial score (nSPS) is 15.5. The van der Waals surface area contributed by atoms with Crippen molar-refractivity contribution in [3.05, 3.63) is 289 Å². The van der Waals surface area contributed by atoms with E-state index in [-0.39, 0.29) is 10.8 Å². The molecule has 0 fully saturated rings. The first-order valence-corrected chi connectivity index (χ1v) is 29.5. The number of hydrogen-bond acceptors (Lipinski definition) is 1. The number of aromatic nitrogens is 1. The van der Waals surface area contributed by atoms with Gasteiger partial charge in [-0.15, -0.1) is 0 Å². The molecule has 3 unspecified atom stereocenters. The molecule has 12 aromatic rings. The molecule has 1 spiro atoms. The van der Waals surface area contributed by atoms with Crippen LogP contribution in [0.15, 0.2) is 261 Å². The second-order valence-corrected chi connectivity index (χ2v) is 25.5. The molecule has 400 valence electrons. The summed E-state index contributed by atoms with van der Waals surface area (Å²) in [5, 5.41) is 2.50. The molecule has 0 N–H and O–H groups in total. The molecule has 2 aliphatic carbocycles. The highest BCUT2D eigenvalue weighted by Crippen LogP contribution is 2.64. The first-order valence-electron chi connectivity index (χ1n) is 29.5. The summed E-state index contributed by atoms with van der Waals surface area (Å²) in [6, 6.07) is 98.1. The van der Waals surface area contributed by atoms with Crippen molar-refractivity contribution >= 4 is 38.9 Å². The minimum atomic E-state index is -0.547. The van der Waals surface area contributed by atoms with Crippen LogP contribution in [0.1, 0.15) is 89.1 Å². The Morgan fingerprint density at radius 2 is 0.744 bits per heavy atom. The molecule has 0 amide bonds. The maximum absolute atomic E-state index is 2.53. The van der Waals surface area contributed by atoms with E-state index in [1.54, 1.807) is 0 Å². The Morgan fingerprint density at radius 1 is 0.329 bits per heavy atom. The molecule has 3 atom stereocenters. The maximum atomic E-state index is 2.53. The van der Waals surface area contributed by atoms with Crippen molar-refractivity contribution in [3.8, 4) is 61.3 Å². The van der Waals surface area contributed by atoms with Crippen LogP contribution in [0.5, 0.6) is 0 Å². The molecular formula is C80H70N2. The number of rotatable bonds is 10. The predicted octanol–water partition coefficient (Wildman–Crippen LogP) is 22.0. The van der Waals surface area contributed by atoms with Crippen molar-refractivity contribution in [1.29, 1.82) is 0 Å². The molecule has 0 radical (unpaired) electrons. The van der Waals surface area contributed by atoms with Crippen molar-refractivity contribution in [2.24, 2.45) is 22.7 Å². The first kappa shape index (κ1) is 51.2. The second kappa shape index (κ2) is 19.6. The molecule has 2 heteroatoms. The summed E-state index contributed by atoms with van der Waals surface area (Å²) < 4.78 is 2.38. The Labute approximate surface area is 485 Å². The molecule has 11 aromatic carbocycles. The molecule has 82 heavy (non-hydrogen) atoms. The fourth-order valence-electron chi connectivity index (χ4n) is 14.1. The minimum Gasteiger partial charge on any atom is -0.310 e. The zero-order valence-electron chi connectivity index (χ0n) is 48.5. The fraction of sp³-hybridized carbons (Fsp3) is 0.175. The summed E-state index contributed by atoms with van der Waals surface area (Å²) in [7, 11) is 0. The lowest BCUT2D eigenvalue weighted by Crippen LogP contribution is -2.33. The van der Waals surface area contributed by atoms with Gasteiger partial charge in [-0.05, 0) is 185 Å². The van der Waals surface area contributed by atoms with Gasteiger partial charge in [-0.2, -0.15) is 0 Å². The summed E-state index contributed by atoms with van der Waals surface area (Å²) in [5.74, 6) is 1.44. The Kier molecular flexibility index (Phi) is 12.3. The van der Waals surface area contributed by atoms with E-state index in [1.165, 1.54) is 105 Å². The van der Waals surface area contributed by atoms with E-state index in [0.717, 1.165) is 22.7 Å². The highest BCUT2D eigenvalue weighted by atomic mass is 15.1. The van der Waals surface area contributed by atoms with Crippen LogP contribution in [0, 0.1) is 22.7 Å². The van der Waals surface area contributed by atoms with Crippen LogP contribution in [0.2, 0.25) is 0 Å². The van der Waals surface area contributed by atoms with Crippen molar-refractivity contribution in [1.82, 2.24) is 4.57 Å². The van der Waals surface area contributed by atoms with Crippen molar-refractivity contribution in [2.45, 2.75) is 66.7 Å². The van der Waals surface area contributed by atoms with E-state index in [0.29, 0.717) is 17.8 Å². The largest absolute Gasteiger partial charge is 0.310 e. The third-order valence-corrected chi connectivity index (χ3v) is 19.1. The number of benzene rings is 11. The van der Waals surface area contributed by atoms with Crippen LogP contribution in [0.25, 0.3) is 83.1 Å². The lowest BCUT2D eigenvalue weighted by molar-refractivity contribution is 0.122. The second-order valence-electron chi connectivity index (χ2n) is 25.5. The van der Waals surface area contributed by atoms with E-state index < -0.39 is 5.41 Å². The quantitative estimate of drug-likeness (QED) is 0.133. The van der Waals surface area contributed by atoms with Crippen LogP contribution in [0.3, 0.4) is 0 Å². The average Bonchev–Trinajstić information content (AvgIpc) is 1.93. The van der Waals surface area contributed by atoms with Gasteiger partial charge in [0.25, 0.3) is 0 Å². The van der Waals surface area contributed by atoms with Gasteiger partial charge >= 0.3 is 0 Å². The first-order chi connectivity index (χ1) is 39.8. The number of hydrogen-bond donors (Lipinski definition) is 0. The van der Waals surface area contributed by atoms with E-state index in [4.69, 9.17) is 0 Å². The third-order valence-electron chi connectivity index (χ3n) is 19.1. The molecule has 2 aliphatic rings. The van der Waals surface area contributed by atoms with Crippen LogP contribution in [-0.4, -0.2) is 4.57 Å². The molecule has 1 aromatic heterocycles. The number of para-hydroxylation sites is 2. The van der Waals surface area contributed by atoms with E-state index >= 15 is 0 Å². The molecule has 2 nitrogen and oxygen atoms in total. The highest BCUT2D eigenvalue weighted by Gasteiger charge is 2.52. The summed E-state index contributed by atoms with van der Waals surface area (Å²) in [5.41, 5.74) is 25.9. The molecule has 0 bridgehead atoms. The lowest BCUT2D eigenvalue weighted by atomic mass is 9.62. The van der Waals surface area contributed by atoms with Crippen LogP contribution < -0.4 is 4.90 Å². The van der Waals surface area contributed by atoms with E-state index in [1.807, 2.05) is 0 Å². The molecule has 0 saturated carbocycles. The van der Waals surface area contributed by atoms with Gasteiger partial charge in [0.2, 0.25) is 0 Å². The summed E-state index contributed by atoms with van der Waals surface area (Å²) in [6.45, 7) is 19.4. The Balaban J connectivity index is 0.903.